The van der Waals surface area contributed by atoms with Crippen LogP contribution in [0.25, 0.3) is 0 Å². The molecule has 0 bridgehead atoms. The van der Waals surface area contributed by atoms with Crippen LogP contribution in [-0.4, -0.2) is 24.7 Å². The van der Waals surface area contributed by atoms with Gasteiger partial charge in [0.1, 0.15) is 6.61 Å². The molecule has 15 heavy (non-hydrogen) atoms. The lowest BCUT2D eigenvalue weighted by Crippen LogP contribution is -2.08. The van der Waals surface area contributed by atoms with Gasteiger partial charge in [-0.25, -0.2) is 8.78 Å². The Balaban J connectivity index is 2.22. The van der Waals surface area contributed by atoms with E-state index in [2.05, 4.69) is 4.74 Å². The van der Waals surface area contributed by atoms with Crippen molar-refractivity contribution < 1.29 is 18.6 Å². The molecular weight excluding hydrogens is 202 g/mol. The molecule has 84 valence electrons. The topological polar surface area (TPSA) is 29.5 Å². The SMILES string of the molecule is OC(CCOCC(F)F)c1ccccc1. The summed E-state index contributed by atoms with van der Waals surface area (Å²) < 4.78 is 28.1. The number of benzene rings is 1. The van der Waals surface area contributed by atoms with Crippen molar-refractivity contribution in [3.8, 4) is 0 Å². The van der Waals surface area contributed by atoms with E-state index in [4.69, 9.17) is 0 Å². The van der Waals surface area contributed by atoms with Crippen molar-refractivity contribution in [1.82, 2.24) is 0 Å². The van der Waals surface area contributed by atoms with Crippen molar-refractivity contribution >= 4 is 0 Å². The van der Waals surface area contributed by atoms with E-state index in [0.717, 1.165) is 5.56 Å². The number of alkyl halides is 2. The van der Waals surface area contributed by atoms with E-state index >= 15 is 0 Å². The van der Waals surface area contributed by atoms with Gasteiger partial charge >= 0.3 is 0 Å². The van der Waals surface area contributed by atoms with Gasteiger partial charge in [-0.05, 0) is 5.56 Å². The molecule has 1 unspecified atom stereocenters. The van der Waals surface area contributed by atoms with Crippen LogP contribution in [0, 0.1) is 0 Å². The number of aliphatic hydroxyl groups excluding tert-OH is 1. The van der Waals surface area contributed by atoms with Gasteiger partial charge in [-0.15, -0.1) is 0 Å². The molecule has 0 spiro atoms. The lowest BCUT2D eigenvalue weighted by atomic mass is 10.1. The Morgan fingerprint density at radius 3 is 2.47 bits per heavy atom. The van der Waals surface area contributed by atoms with E-state index in [0.29, 0.717) is 6.42 Å². The number of aliphatic hydroxyl groups is 1. The van der Waals surface area contributed by atoms with Gasteiger partial charge in [0.25, 0.3) is 6.43 Å². The maximum absolute atomic E-state index is 11.7. The van der Waals surface area contributed by atoms with Crippen LogP contribution in [0.5, 0.6) is 0 Å². The Morgan fingerprint density at radius 2 is 1.87 bits per heavy atom. The molecule has 1 atom stereocenters. The maximum Gasteiger partial charge on any atom is 0.261 e. The fourth-order valence-electron chi connectivity index (χ4n) is 1.21. The third-order valence-electron chi connectivity index (χ3n) is 1.96. The molecule has 1 N–H and O–H groups in total. The standard InChI is InChI=1S/C11H14F2O2/c12-11(13)8-15-7-6-10(14)9-4-2-1-3-5-9/h1-5,10-11,14H,6-8H2. The summed E-state index contributed by atoms with van der Waals surface area (Å²) in [7, 11) is 0. The van der Waals surface area contributed by atoms with E-state index in [1.807, 2.05) is 18.2 Å². The molecule has 0 aliphatic heterocycles. The van der Waals surface area contributed by atoms with Crippen LogP contribution in [0.2, 0.25) is 0 Å². The minimum absolute atomic E-state index is 0.139. The molecule has 1 aromatic rings. The molecule has 0 saturated carbocycles. The zero-order valence-corrected chi connectivity index (χ0v) is 8.27. The van der Waals surface area contributed by atoms with Gasteiger partial charge in [-0.3, -0.25) is 0 Å². The minimum Gasteiger partial charge on any atom is -0.388 e. The second-order valence-corrected chi connectivity index (χ2v) is 3.18. The first-order valence-corrected chi connectivity index (χ1v) is 4.79. The van der Waals surface area contributed by atoms with Gasteiger partial charge in [0, 0.05) is 13.0 Å². The van der Waals surface area contributed by atoms with E-state index in [9.17, 15) is 13.9 Å². The van der Waals surface area contributed by atoms with Crippen LogP contribution >= 0.6 is 0 Å². The monoisotopic (exact) mass is 216 g/mol. The Bertz CT molecular complexity index is 265. The van der Waals surface area contributed by atoms with Crippen molar-refractivity contribution in [3.63, 3.8) is 0 Å². The quantitative estimate of drug-likeness (QED) is 0.740. The van der Waals surface area contributed by atoms with Crippen LogP contribution < -0.4 is 0 Å². The highest BCUT2D eigenvalue weighted by Crippen LogP contribution is 2.15. The number of rotatable bonds is 6. The summed E-state index contributed by atoms with van der Waals surface area (Å²) in [4.78, 5) is 0. The lowest BCUT2D eigenvalue weighted by Gasteiger charge is -2.10. The average molecular weight is 216 g/mol. The van der Waals surface area contributed by atoms with Crippen LogP contribution in [0.4, 0.5) is 8.78 Å². The third kappa shape index (κ3) is 4.85. The van der Waals surface area contributed by atoms with Gasteiger partial charge < -0.3 is 9.84 Å². The summed E-state index contributed by atoms with van der Waals surface area (Å²) in [5, 5.41) is 9.62. The number of hydrogen-bond donors (Lipinski definition) is 1. The summed E-state index contributed by atoms with van der Waals surface area (Å²) >= 11 is 0. The zero-order valence-electron chi connectivity index (χ0n) is 8.27. The molecule has 2 nitrogen and oxygen atoms in total. The average Bonchev–Trinajstić information content (AvgIpc) is 2.25. The Morgan fingerprint density at radius 1 is 1.20 bits per heavy atom. The first-order valence-electron chi connectivity index (χ1n) is 4.79. The molecule has 0 amide bonds. The smallest absolute Gasteiger partial charge is 0.261 e. The first kappa shape index (κ1) is 12.1. The van der Waals surface area contributed by atoms with Crippen molar-refractivity contribution in [1.29, 1.82) is 0 Å². The molecule has 0 saturated heterocycles. The predicted molar refractivity (Wildman–Crippen MR) is 52.8 cm³/mol. The van der Waals surface area contributed by atoms with Gasteiger partial charge in [0.05, 0.1) is 6.10 Å². The highest BCUT2D eigenvalue weighted by molar-refractivity contribution is 5.16. The maximum atomic E-state index is 11.7. The van der Waals surface area contributed by atoms with Crippen molar-refractivity contribution in [2.75, 3.05) is 13.2 Å². The Hall–Kier alpha value is -1.00. The molecule has 0 aromatic heterocycles. The zero-order chi connectivity index (χ0) is 11.1. The second kappa shape index (κ2) is 6.48. The minimum atomic E-state index is -2.45. The number of ether oxygens (including phenoxy) is 1. The Labute approximate surface area is 87.5 Å². The van der Waals surface area contributed by atoms with Gasteiger partial charge in [0.2, 0.25) is 0 Å². The van der Waals surface area contributed by atoms with Gasteiger partial charge in [0.15, 0.2) is 0 Å². The molecule has 0 aliphatic rings. The van der Waals surface area contributed by atoms with E-state index < -0.39 is 19.1 Å². The predicted octanol–water partition coefficient (Wildman–Crippen LogP) is 2.39. The molecule has 0 radical (unpaired) electrons. The van der Waals surface area contributed by atoms with Crippen LogP contribution in [0.3, 0.4) is 0 Å². The van der Waals surface area contributed by atoms with E-state index in [1.165, 1.54) is 0 Å². The van der Waals surface area contributed by atoms with Crippen LogP contribution in [0.15, 0.2) is 30.3 Å². The fourth-order valence-corrected chi connectivity index (χ4v) is 1.21. The summed E-state index contributed by atoms with van der Waals surface area (Å²) in [5.74, 6) is 0. The van der Waals surface area contributed by atoms with Crippen molar-refractivity contribution in [2.24, 2.45) is 0 Å². The van der Waals surface area contributed by atoms with Crippen LogP contribution in [-0.2, 0) is 4.74 Å². The molecule has 1 aromatic carbocycles. The summed E-state index contributed by atoms with van der Waals surface area (Å²) in [6.07, 6.45) is -2.76. The highest BCUT2D eigenvalue weighted by Gasteiger charge is 2.07. The summed E-state index contributed by atoms with van der Waals surface area (Å²) in [5.41, 5.74) is 0.776. The largest absolute Gasteiger partial charge is 0.388 e. The number of hydrogen-bond acceptors (Lipinski definition) is 2. The van der Waals surface area contributed by atoms with E-state index in [1.54, 1.807) is 12.1 Å². The molecule has 0 fully saturated rings. The normalized spacial score (nSPS) is 13.1. The molecule has 4 heteroatoms. The lowest BCUT2D eigenvalue weighted by molar-refractivity contribution is 0.00481. The van der Waals surface area contributed by atoms with E-state index in [-0.39, 0.29) is 6.61 Å². The fraction of sp³-hybridized carbons (Fsp3) is 0.455. The summed E-state index contributed by atoms with van der Waals surface area (Å²) in [6, 6.07) is 9.07. The van der Waals surface area contributed by atoms with Crippen molar-refractivity contribution in [2.45, 2.75) is 19.0 Å². The van der Waals surface area contributed by atoms with Gasteiger partial charge in [-0.1, -0.05) is 30.3 Å². The van der Waals surface area contributed by atoms with Gasteiger partial charge in [-0.2, -0.15) is 0 Å². The highest BCUT2D eigenvalue weighted by atomic mass is 19.3. The second-order valence-electron chi connectivity index (χ2n) is 3.18. The summed E-state index contributed by atoms with van der Waals surface area (Å²) in [6.45, 7) is -0.429. The van der Waals surface area contributed by atoms with Crippen LogP contribution in [0.1, 0.15) is 18.1 Å². The third-order valence-corrected chi connectivity index (χ3v) is 1.96. The molecule has 0 heterocycles. The Kier molecular flexibility index (Phi) is 5.21. The van der Waals surface area contributed by atoms with Crippen molar-refractivity contribution in [3.05, 3.63) is 35.9 Å². The first-order chi connectivity index (χ1) is 7.20. The number of halogens is 2. The molecule has 1 rings (SSSR count). The molecule has 0 aliphatic carbocycles. The molecular formula is C11H14F2O2.